The SMILES string of the molecule is CCN(C1CCCCC1)C(CN)c1ccc(OC)c(Br)c1. The Balaban J connectivity index is 2.21. The Kier molecular flexibility index (Phi) is 6.52. The van der Waals surface area contributed by atoms with E-state index in [-0.39, 0.29) is 0 Å². The van der Waals surface area contributed by atoms with Crippen LogP contribution in [0.3, 0.4) is 0 Å². The Morgan fingerprint density at radius 3 is 2.57 bits per heavy atom. The van der Waals surface area contributed by atoms with E-state index >= 15 is 0 Å². The summed E-state index contributed by atoms with van der Waals surface area (Å²) in [6.07, 6.45) is 6.70. The molecule has 0 aromatic heterocycles. The van der Waals surface area contributed by atoms with Crippen LogP contribution < -0.4 is 10.5 Å². The van der Waals surface area contributed by atoms with Gasteiger partial charge in [-0.25, -0.2) is 0 Å². The van der Waals surface area contributed by atoms with E-state index in [2.05, 4.69) is 39.9 Å². The molecule has 0 bridgehead atoms. The van der Waals surface area contributed by atoms with Gasteiger partial charge >= 0.3 is 0 Å². The van der Waals surface area contributed by atoms with Crippen molar-refractivity contribution in [2.24, 2.45) is 5.73 Å². The van der Waals surface area contributed by atoms with E-state index in [4.69, 9.17) is 10.5 Å². The first-order valence-corrected chi connectivity index (χ1v) is 8.79. The molecule has 1 atom stereocenters. The summed E-state index contributed by atoms with van der Waals surface area (Å²) < 4.78 is 6.33. The average Bonchev–Trinajstić information content (AvgIpc) is 2.53. The lowest BCUT2D eigenvalue weighted by Gasteiger charge is -2.39. The first-order chi connectivity index (χ1) is 10.2. The molecule has 0 radical (unpaired) electrons. The van der Waals surface area contributed by atoms with Crippen LogP contribution in [0.1, 0.15) is 50.6 Å². The molecule has 0 spiro atoms. The summed E-state index contributed by atoms with van der Waals surface area (Å²) in [5.41, 5.74) is 7.40. The number of likely N-dealkylation sites (N-methyl/N-ethyl adjacent to an activating group) is 1. The first-order valence-electron chi connectivity index (χ1n) is 8.00. The molecule has 3 nitrogen and oxygen atoms in total. The molecule has 4 heteroatoms. The summed E-state index contributed by atoms with van der Waals surface area (Å²) >= 11 is 3.59. The molecule has 1 aliphatic carbocycles. The molecule has 1 fully saturated rings. The van der Waals surface area contributed by atoms with Gasteiger partial charge in [0.2, 0.25) is 0 Å². The van der Waals surface area contributed by atoms with E-state index in [1.807, 2.05) is 6.07 Å². The number of rotatable bonds is 6. The fourth-order valence-electron chi connectivity index (χ4n) is 3.50. The second-order valence-electron chi connectivity index (χ2n) is 5.77. The van der Waals surface area contributed by atoms with Crippen LogP contribution in [0.2, 0.25) is 0 Å². The lowest BCUT2D eigenvalue weighted by atomic mass is 9.92. The van der Waals surface area contributed by atoms with Crippen molar-refractivity contribution in [1.82, 2.24) is 4.90 Å². The molecule has 118 valence electrons. The van der Waals surface area contributed by atoms with E-state index in [0.717, 1.165) is 16.8 Å². The van der Waals surface area contributed by atoms with Crippen LogP contribution >= 0.6 is 15.9 Å². The van der Waals surface area contributed by atoms with E-state index < -0.39 is 0 Å². The molecule has 21 heavy (non-hydrogen) atoms. The maximum absolute atomic E-state index is 6.12. The van der Waals surface area contributed by atoms with Crippen molar-refractivity contribution in [3.63, 3.8) is 0 Å². The molecule has 0 heterocycles. The monoisotopic (exact) mass is 354 g/mol. The Hall–Kier alpha value is -0.580. The molecular formula is C17H27BrN2O. The zero-order valence-electron chi connectivity index (χ0n) is 13.1. The summed E-state index contributed by atoms with van der Waals surface area (Å²) in [5.74, 6) is 0.871. The molecule has 1 aliphatic rings. The molecule has 2 N–H and O–H groups in total. The van der Waals surface area contributed by atoms with Crippen LogP contribution in [0.25, 0.3) is 0 Å². The summed E-state index contributed by atoms with van der Waals surface area (Å²) in [7, 11) is 1.69. The summed E-state index contributed by atoms with van der Waals surface area (Å²) in [6, 6.07) is 7.30. The Bertz CT molecular complexity index is 446. The molecule has 1 aromatic carbocycles. The minimum atomic E-state index is 0.292. The van der Waals surface area contributed by atoms with Crippen molar-refractivity contribution in [2.45, 2.75) is 51.1 Å². The topological polar surface area (TPSA) is 38.5 Å². The number of hydrogen-bond donors (Lipinski definition) is 1. The van der Waals surface area contributed by atoms with Gasteiger partial charge in [0.15, 0.2) is 0 Å². The van der Waals surface area contributed by atoms with E-state index in [0.29, 0.717) is 18.6 Å². The van der Waals surface area contributed by atoms with E-state index in [1.54, 1.807) is 7.11 Å². The third-order valence-corrected chi connectivity index (χ3v) is 5.21. The number of nitrogens with zero attached hydrogens (tertiary/aromatic N) is 1. The highest BCUT2D eigenvalue weighted by Crippen LogP contribution is 2.33. The zero-order chi connectivity index (χ0) is 15.2. The number of ether oxygens (including phenoxy) is 1. The molecule has 1 unspecified atom stereocenters. The van der Waals surface area contributed by atoms with Gasteiger partial charge in [-0.3, -0.25) is 4.90 Å². The van der Waals surface area contributed by atoms with E-state index in [9.17, 15) is 0 Å². The smallest absolute Gasteiger partial charge is 0.133 e. The quantitative estimate of drug-likeness (QED) is 0.835. The van der Waals surface area contributed by atoms with Crippen LogP contribution in [0.4, 0.5) is 0 Å². The van der Waals surface area contributed by atoms with Gasteiger partial charge in [0.25, 0.3) is 0 Å². The molecule has 1 aromatic rings. The average molecular weight is 355 g/mol. The Labute approximate surface area is 137 Å². The second-order valence-corrected chi connectivity index (χ2v) is 6.62. The van der Waals surface area contributed by atoms with Crippen molar-refractivity contribution in [2.75, 3.05) is 20.2 Å². The lowest BCUT2D eigenvalue weighted by molar-refractivity contribution is 0.113. The van der Waals surface area contributed by atoms with Gasteiger partial charge in [-0.1, -0.05) is 32.3 Å². The highest BCUT2D eigenvalue weighted by molar-refractivity contribution is 9.10. The molecule has 2 rings (SSSR count). The van der Waals surface area contributed by atoms with Crippen molar-refractivity contribution in [3.05, 3.63) is 28.2 Å². The van der Waals surface area contributed by atoms with Gasteiger partial charge in [0, 0.05) is 18.6 Å². The van der Waals surface area contributed by atoms with Crippen LogP contribution in [-0.4, -0.2) is 31.1 Å². The fraction of sp³-hybridized carbons (Fsp3) is 0.647. The van der Waals surface area contributed by atoms with Gasteiger partial charge in [-0.05, 0) is 53.0 Å². The zero-order valence-corrected chi connectivity index (χ0v) is 14.7. The van der Waals surface area contributed by atoms with Crippen molar-refractivity contribution < 1.29 is 4.74 Å². The van der Waals surface area contributed by atoms with Crippen molar-refractivity contribution >= 4 is 15.9 Å². The maximum atomic E-state index is 6.12. The molecular weight excluding hydrogens is 328 g/mol. The van der Waals surface area contributed by atoms with Crippen LogP contribution in [0.15, 0.2) is 22.7 Å². The van der Waals surface area contributed by atoms with Gasteiger partial charge in [-0.15, -0.1) is 0 Å². The highest BCUT2D eigenvalue weighted by Gasteiger charge is 2.27. The third kappa shape index (κ3) is 3.99. The molecule has 1 saturated carbocycles. The number of methoxy groups -OCH3 is 1. The lowest BCUT2D eigenvalue weighted by Crippen LogP contribution is -2.42. The predicted molar refractivity (Wildman–Crippen MR) is 91.7 cm³/mol. The number of hydrogen-bond acceptors (Lipinski definition) is 3. The summed E-state index contributed by atoms with van der Waals surface area (Å²) in [4.78, 5) is 2.59. The van der Waals surface area contributed by atoms with Crippen LogP contribution in [-0.2, 0) is 0 Å². The van der Waals surface area contributed by atoms with Gasteiger partial charge in [-0.2, -0.15) is 0 Å². The fourth-order valence-corrected chi connectivity index (χ4v) is 4.06. The number of nitrogens with two attached hydrogens (primary N) is 1. The number of benzene rings is 1. The molecule has 0 amide bonds. The summed E-state index contributed by atoms with van der Waals surface area (Å²) in [5, 5.41) is 0. The third-order valence-electron chi connectivity index (χ3n) is 4.59. The Morgan fingerprint density at radius 1 is 1.33 bits per heavy atom. The molecule has 0 aliphatic heterocycles. The molecule has 0 saturated heterocycles. The minimum absolute atomic E-state index is 0.292. The predicted octanol–water partition coefficient (Wildman–Crippen LogP) is 4.11. The minimum Gasteiger partial charge on any atom is -0.496 e. The first kappa shape index (κ1) is 16.8. The largest absolute Gasteiger partial charge is 0.496 e. The normalized spacial score (nSPS) is 18.0. The maximum Gasteiger partial charge on any atom is 0.133 e. The standard InChI is InChI=1S/C17H27BrN2O/c1-3-20(14-7-5-4-6-8-14)16(12-19)13-9-10-17(21-2)15(18)11-13/h9-11,14,16H,3-8,12,19H2,1-2H3. The van der Waals surface area contributed by atoms with E-state index in [1.165, 1.54) is 37.7 Å². The van der Waals surface area contributed by atoms with Gasteiger partial charge < -0.3 is 10.5 Å². The van der Waals surface area contributed by atoms with Crippen LogP contribution in [0.5, 0.6) is 5.75 Å². The number of halogens is 1. The van der Waals surface area contributed by atoms with Gasteiger partial charge in [0.05, 0.1) is 11.6 Å². The Morgan fingerprint density at radius 2 is 2.05 bits per heavy atom. The van der Waals surface area contributed by atoms with Crippen molar-refractivity contribution in [1.29, 1.82) is 0 Å². The van der Waals surface area contributed by atoms with Crippen LogP contribution in [0, 0.1) is 0 Å². The highest BCUT2D eigenvalue weighted by atomic mass is 79.9. The summed E-state index contributed by atoms with van der Waals surface area (Å²) in [6.45, 7) is 3.95. The van der Waals surface area contributed by atoms with Gasteiger partial charge in [0.1, 0.15) is 5.75 Å². The second kappa shape index (κ2) is 8.16. The van der Waals surface area contributed by atoms with Crippen molar-refractivity contribution in [3.8, 4) is 5.75 Å².